The Balaban J connectivity index is 1.20. The first-order valence-electron chi connectivity index (χ1n) is 17.5. The molecule has 0 fully saturated rings. The lowest BCUT2D eigenvalue weighted by molar-refractivity contribution is 1.28. The van der Waals surface area contributed by atoms with Crippen molar-refractivity contribution in [2.24, 2.45) is 0 Å². The Hall–Kier alpha value is -6.70. The first-order valence-corrected chi connectivity index (χ1v) is 17.5. The van der Waals surface area contributed by atoms with Crippen molar-refractivity contribution in [3.63, 3.8) is 0 Å². The van der Waals surface area contributed by atoms with Gasteiger partial charge in [0.2, 0.25) is 0 Å². The molecule has 0 heterocycles. The molecule has 1 heteroatoms. The van der Waals surface area contributed by atoms with E-state index in [4.69, 9.17) is 0 Å². The van der Waals surface area contributed by atoms with Crippen LogP contribution in [-0.2, 0) is 0 Å². The summed E-state index contributed by atoms with van der Waals surface area (Å²) in [6, 6.07) is 76.6. The normalized spacial score (nSPS) is 11.1. The summed E-state index contributed by atoms with van der Waals surface area (Å²) in [5, 5.41) is 5.05. The van der Waals surface area contributed by atoms with Crippen molar-refractivity contribution in [3.8, 4) is 44.5 Å². The highest BCUT2D eigenvalue weighted by molar-refractivity contribution is 6.14. The molecule has 0 saturated heterocycles. The van der Waals surface area contributed by atoms with E-state index in [2.05, 4.69) is 217 Å². The molecule has 0 aliphatic carbocycles. The largest absolute Gasteiger partial charge is 0.310 e. The van der Waals surface area contributed by atoms with Crippen LogP contribution < -0.4 is 4.90 Å². The maximum absolute atomic E-state index is 2.40. The second-order valence-electron chi connectivity index (χ2n) is 13.0. The molecule has 9 aromatic carbocycles. The summed E-state index contributed by atoms with van der Waals surface area (Å²) >= 11 is 0. The van der Waals surface area contributed by atoms with Crippen LogP contribution in [0.4, 0.5) is 17.1 Å². The molecular weight excluding hydrogens is 615 g/mol. The van der Waals surface area contributed by atoms with Gasteiger partial charge in [0.05, 0.1) is 5.69 Å². The third kappa shape index (κ3) is 5.86. The highest BCUT2D eigenvalue weighted by Gasteiger charge is 2.19. The van der Waals surface area contributed by atoms with Gasteiger partial charge in [-0.2, -0.15) is 0 Å². The highest BCUT2D eigenvalue weighted by Crippen LogP contribution is 2.43. The lowest BCUT2D eigenvalue weighted by Crippen LogP contribution is -2.11. The van der Waals surface area contributed by atoms with Crippen LogP contribution in [0, 0.1) is 0 Å². The van der Waals surface area contributed by atoms with E-state index in [1.165, 1.54) is 66.1 Å². The average molecular weight is 650 g/mol. The van der Waals surface area contributed by atoms with Crippen molar-refractivity contribution in [2.75, 3.05) is 4.90 Å². The molecule has 0 bridgehead atoms. The number of nitrogens with zero attached hydrogens (tertiary/aromatic N) is 1. The quantitative estimate of drug-likeness (QED) is 0.155. The van der Waals surface area contributed by atoms with E-state index in [9.17, 15) is 0 Å². The molecule has 0 N–H and O–H groups in total. The summed E-state index contributed by atoms with van der Waals surface area (Å²) in [5.41, 5.74) is 12.9. The Bertz CT molecular complexity index is 2600. The van der Waals surface area contributed by atoms with Crippen LogP contribution in [0.5, 0.6) is 0 Å². The highest BCUT2D eigenvalue weighted by atomic mass is 15.1. The van der Waals surface area contributed by atoms with Gasteiger partial charge in [-0.3, -0.25) is 0 Å². The van der Waals surface area contributed by atoms with Crippen LogP contribution in [0.3, 0.4) is 0 Å². The zero-order valence-electron chi connectivity index (χ0n) is 28.2. The lowest BCUT2D eigenvalue weighted by atomic mass is 9.93. The lowest BCUT2D eigenvalue weighted by Gasteiger charge is -2.28. The second kappa shape index (κ2) is 13.3. The minimum Gasteiger partial charge on any atom is -0.310 e. The van der Waals surface area contributed by atoms with Crippen LogP contribution in [-0.4, -0.2) is 0 Å². The molecule has 1 nitrogen and oxygen atoms in total. The van der Waals surface area contributed by atoms with Gasteiger partial charge in [-0.05, 0) is 96.9 Å². The predicted molar refractivity (Wildman–Crippen MR) is 218 cm³/mol. The SMILES string of the molecule is c1ccc(-c2ccc(-c3ccccc3N(c3ccc(-c4ccccc4)cc3)c3cccc(-c4cc5ccccc5c5ccccc45)c3)cc2)cc1. The van der Waals surface area contributed by atoms with Gasteiger partial charge >= 0.3 is 0 Å². The van der Waals surface area contributed by atoms with Gasteiger partial charge in [-0.25, -0.2) is 0 Å². The fourth-order valence-electron chi connectivity index (χ4n) is 7.35. The molecule has 0 unspecified atom stereocenters. The van der Waals surface area contributed by atoms with Crippen LogP contribution in [0.25, 0.3) is 66.1 Å². The molecule has 0 atom stereocenters. The second-order valence-corrected chi connectivity index (χ2v) is 13.0. The molecule has 0 aromatic heterocycles. The summed E-state index contributed by atoms with van der Waals surface area (Å²) in [7, 11) is 0. The summed E-state index contributed by atoms with van der Waals surface area (Å²) in [6.45, 7) is 0. The Labute approximate surface area is 299 Å². The Kier molecular flexibility index (Phi) is 7.92. The van der Waals surface area contributed by atoms with Gasteiger partial charge in [0.15, 0.2) is 0 Å². The van der Waals surface area contributed by atoms with E-state index in [0.717, 1.165) is 17.1 Å². The van der Waals surface area contributed by atoms with E-state index in [1.54, 1.807) is 0 Å². The standard InChI is InChI=1S/C50H35N/c1-3-14-36(15-4-1)38-26-28-40(29-27-38)46-22-11-12-25-50(46)51(43-32-30-39(31-33-43)37-16-5-2-6-17-37)44-20-13-19-41(34-44)49-35-42-18-7-8-21-45(42)47-23-9-10-24-48(47)49/h1-35H. The van der Waals surface area contributed by atoms with Crippen LogP contribution in [0.15, 0.2) is 212 Å². The van der Waals surface area contributed by atoms with Crippen LogP contribution >= 0.6 is 0 Å². The Morgan fingerprint density at radius 1 is 0.255 bits per heavy atom. The summed E-state index contributed by atoms with van der Waals surface area (Å²) < 4.78 is 0. The fourth-order valence-corrected chi connectivity index (χ4v) is 7.35. The molecule has 240 valence electrons. The van der Waals surface area contributed by atoms with Gasteiger partial charge in [-0.15, -0.1) is 0 Å². The van der Waals surface area contributed by atoms with Crippen molar-refractivity contribution in [3.05, 3.63) is 212 Å². The molecule has 9 aromatic rings. The van der Waals surface area contributed by atoms with Crippen LogP contribution in [0.2, 0.25) is 0 Å². The summed E-state index contributed by atoms with van der Waals surface area (Å²) in [4.78, 5) is 2.40. The Morgan fingerprint density at radius 2 is 0.765 bits per heavy atom. The smallest absolute Gasteiger partial charge is 0.0540 e. The fraction of sp³-hybridized carbons (Fsp3) is 0. The third-order valence-corrected chi connectivity index (χ3v) is 9.86. The van der Waals surface area contributed by atoms with Crippen LogP contribution in [0.1, 0.15) is 0 Å². The number of fused-ring (bicyclic) bond motifs is 3. The van der Waals surface area contributed by atoms with Crippen molar-refractivity contribution >= 4 is 38.6 Å². The first-order chi connectivity index (χ1) is 25.3. The predicted octanol–water partition coefficient (Wildman–Crippen LogP) is 14.1. The summed E-state index contributed by atoms with van der Waals surface area (Å²) in [6.07, 6.45) is 0. The van der Waals surface area contributed by atoms with Gasteiger partial charge in [0, 0.05) is 16.9 Å². The number of anilines is 3. The molecule has 0 radical (unpaired) electrons. The van der Waals surface area contributed by atoms with E-state index >= 15 is 0 Å². The van der Waals surface area contributed by atoms with E-state index < -0.39 is 0 Å². The molecule has 0 aliphatic heterocycles. The maximum atomic E-state index is 2.40. The topological polar surface area (TPSA) is 3.24 Å². The number of benzene rings is 9. The Morgan fingerprint density at radius 3 is 1.47 bits per heavy atom. The number of hydrogen-bond donors (Lipinski definition) is 0. The van der Waals surface area contributed by atoms with E-state index in [1.807, 2.05) is 0 Å². The zero-order valence-corrected chi connectivity index (χ0v) is 28.2. The maximum Gasteiger partial charge on any atom is 0.0540 e. The van der Waals surface area contributed by atoms with E-state index in [-0.39, 0.29) is 0 Å². The minimum absolute atomic E-state index is 1.10. The molecular formula is C50H35N. The molecule has 51 heavy (non-hydrogen) atoms. The van der Waals surface area contributed by atoms with Crippen molar-refractivity contribution < 1.29 is 0 Å². The molecule has 0 amide bonds. The average Bonchev–Trinajstić information content (AvgIpc) is 3.22. The zero-order chi connectivity index (χ0) is 34.0. The molecule has 9 rings (SSSR count). The molecule has 0 saturated carbocycles. The summed E-state index contributed by atoms with van der Waals surface area (Å²) in [5.74, 6) is 0. The van der Waals surface area contributed by atoms with E-state index in [0.29, 0.717) is 0 Å². The van der Waals surface area contributed by atoms with Gasteiger partial charge in [0.25, 0.3) is 0 Å². The molecule has 0 spiro atoms. The number of hydrogen-bond acceptors (Lipinski definition) is 1. The van der Waals surface area contributed by atoms with Gasteiger partial charge < -0.3 is 4.90 Å². The van der Waals surface area contributed by atoms with Crippen molar-refractivity contribution in [2.45, 2.75) is 0 Å². The van der Waals surface area contributed by atoms with Crippen molar-refractivity contribution in [1.82, 2.24) is 0 Å². The first kappa shape index (κ1) is 30.4. The van der Waals surface area contributed by atoms with Gasteiger partial charge in [0.1, 0.15) is 0 Å². The van der Waals surface area contributed by atoms with Gasteiger partial charge in [-0.1, -0.05) is 176 Å². The molecule has 0 aliphatic rings. The number of rotatable bonds is 7. The minimum atomic E-state index is 1.10. The third-order valence-electron chi connectivity index (χ3n) is 9.86. The number of para-hydroxylation sites is 1. The van der Waals surface area contributed by atoms with Crippen molar-refractivity contribution in [1.29, 1.82) is 0 Å². The monoisotopic (exact) mass is 649 g/mol.